The molecular formula is C14H18N4. The van der Waals surface area contributed by atoms with E-state index in [1.165, 1.54) is 5.56 Å². The van der Waals surface area contributed by atoms with E-state index in [1.54, 1.807) is 12.4 Å². The third-order valence-corrected chi connectivity index (χ3v) is 2.87. The minimum Gasteiger partial charge on any atom is -0.355 e. The van der Waals surface area contributed by atoms with Crippen LogP contribution < -0.4 is 10.6 Å². The Morgan fingerprint density at radius 2 is 1.94 bits per heavy atom. The van der Waals surface area contributed by atoms with Crippen LogP contribution in [0.15, 0.2) is 36.8 Å². The van der Waals surface area contributed by atoms with Gasteiger partial charge in [-0.3, -0.25) is 4.98 Å². The molecule has 0 atom stereocenters. The third-order valence-electron chi connectivity index (χ3n) is 2.87. The van der Waals surface area contributed by atoms with Crippen LogP contribution in [0, 0.1) is 6.92 Å². The molecule has 0 radical (unpaired) electrons. The summed E-state index contributed by atoms with van der Waals surface area (Å²) in [5.41, 5.74) is 9.04. The Bertz CT molecular complexity index is 510. The molecule has 0 aliphatic carbocycles. The predicted octanol–water partition coefficient (Wildman–Crippen LogP) is 1.88. The van der Waals surface area contributed by atoms with Gasteiger partial charge < -0.3 is 10.6 Å². The summed E-state index contributed by atoms with van der Waals surface area (Å²) in [5, 5.41) is 0. The summed E-state index contributed by atoms with van der Waals surface area (Å²) in [5.74, 6) is 0.990. The Kier molecular flexibility index (Phi) is 3.89. The van der Waals surface area contributed by atoms with E-state index >= 15 is 0 Å². The molecule has 0 bridgehead atoms. The minimum absolute atomic E-state index is 0.530. The van der Waals surface area contributed by atoms with Gasteiger partial charge in [-0.1, -0.05) is 0 Å². The van der Waals surface area contributed by atoms with Gasteiger partial charge in [0, 0.05) is 38.7 Å². The van der Waals surface area contributed by atoms with Crippen molar-refractivity contribution >= 4 is 5.82 Å². The normalized spacial score (nSPS) is 10.4. The van der Waals surface area contributed by atoms with E-state index in [0.717, 1.165) is 23.5 Å². The lowest BCUT2D eigenvalue weighted by Crippen LogP contribution is -2.19. The molecule has 2 rings (SSSR count). The van der Waals surface area contributed by atoms with Crippen molar-refractivity contribution in [3.8, 4) is 0 Å². The summed E-state index contributed by atoms with van der Waals surface area (Å²) >= 11 is 0. The fraction of sp³-hybridized carbons (Fsp3) is 0.286. The Hall–Kier alpha value is -1.94. The highest BCUT2D eigenvalue weighted by Gasteiger charge is 2.07. The first kappa shape index (κ1) is 12.5. The molecule has 0 aliphatic heterocycles. The van der Waals surface area contributed by atoms with Crippen LogP contribution in [0.1, 0.15) is 16.7 Å². The van der Waals surface area contributed by atoms with Crippen LogP contribution in [0.5, 0.6) is 0 Å². The van der Waals surface area contributed by atoms with Gasteiger partial charge in [-0.05, 0) is 41.8 Å². The van der Waals surface area contributed by atoms with Crippen LogP contribution in [0.3, 0.4) is 0 Å². The lowest BCUT2D eigenvalue weighted by molar-refractivity contribution is 0.882. The molecule has 2 aromatic rings. The highest BCUT2D eigenvalue weighted by atomic mass is 15.2. The molecule has 0 unspecified atom stereocenters. The number of nitrogens with zero attached hydrogens (tertiary/aromatic N) is 3. The minimum atomic E-state index is 0.530. The number of rotatable bonds is 4. The molecule has 2 heterocycles. The number of hydrogen-bond donors (Lipinski definition) is 1. The Labute approximate surface area is 107 Å². The molecule has 94 valence electrons. The zero-order valence-electron chi connectivity index (χ0n) is 10.8. The van der Waals surface area contributed by atoms with Gasteiger partial charge in [0.15, 0.2) is 0 Å². The van der Waals surface area contributed by atoms with Gasteiger partial charge in [0.1, 0.15) is 5.82 Å². The summed E-state index contributed by atoms with van der Waals surface area (Å²) in [6, 6.07) is 6.12. The monoisotopic (exact) mass is 242 g/mol. The maximum absolute atomic E-state index is 5.61. The number of aryl methyl sites for hydroxylation is 1. The van der Waals surface area contributed by atoms with Crippen LogP contribution in [0.2, 0.25) is 0 Å². The molecule has 0 aromatic carbocycles. The first-order chi connectivity index (χ1) is 8.70. The number of aromatic nitrogens is 2. The fourth-order valence-electron chi connectivity index (χ4n) is 1.97. The molecule has 2 aromatic heterocycles. The second kappa shape index (κ2) is 5.60. The van der Waals surface area contributed by atoms with Gasteiger partial charge in [0.2, 0.25) is 0 Å². The van der Waals surface area contributed by atoms with Crippen LogP contribution in [-0.4, -0.2) is 17.0 Å². The summed E-state index contributed by atoms with van der Waals surface area (Å²) in [7, 11) is 2.04. The average Bonchev–Trinajstić information content (AvgIpc) is 2.39. The van der Waals surface area contributed by atoms with Crippen molar-refractivity contribution in [2.24, 2.45) is 5.73 Å². The van der Waals surface area contributed by atoms with Crippen molar-refractivity contribution in [1.29, 1.82) is 0 Å². The van der Waals surface area contributed by atoms with Gasteiger partial charge in [0.25, 0.3) is 0 Å². The van der Waals surface area contributed by atoms with E-state index in [1.807, 2.05) is 25.4 Å². The molecule has 0 aliphatic rings. The highest BCUT2D eigenvalue weighted by molar-refractivity contribution is 5.47. The van der Waals surface area contributed by atoms with Gasteiger partial charge >= 0.3 is 0 Å². The molecule has 0 fully saturated rings. The van der Waals surface area contributed by atoms with E-state index in [4.69, 9.17) is 5.73 Å². The maximum atomic E-state index is 5.61. The second-order valence-corrected chi connectivity index (χ2v) is 4.40. The first-order valence-corrected chi connectivity index (χ1v) is 5.96. The van der Waals surface area contributed by atoms with Crippen molar-refractivity contribution in [2.75, 3.05) is 11.9 Å². The largest absolute Gasteiger partial charge is 0.355 e. The topological polar surface area (TPSA) is 55.0 Å². The van der Waals surface area contributed by atoms with Crippen LogP contribution in [0.4, 0.5) is 5.82 Å². The molecule has 2 N–H and O–H groups in total. The Morgan fingerprint density at radius 1 is 1.22 bits per heavy atom. The zero-order valence-corrected chi connectivity index (χ0v) is 10.8. The predicted molar refractivity (Wildman–Crippen MR) is 73.2 cm³/mol. The standard InChI is InChI=1S/C14H18N4/c1-11-7-13(8-15)9-17-14(11)18(2)10-12-3-5-16-6-4-12/h3-7,9H,8,10,15H2,1-2H3. The lowest BCUT2D eigenvalue weighted by atomic mass is 10.2. The quantitative estimate of drug-likeness (QED) is 0.889. The van der Waals surface area contributed by atoms with Crippen molar-refractivity contribution in [1.82, 2.24) is 9.97 Å². The van der Waals surface area contributed by atoms with E-state index in [0.29, 0.717) is 6.54 Å². The van der Waals surface area contributed by atoms with Gasteiger partial charge in [-0.25, -0.2) is 4.98 Å². The van der Waals surface area contributed by atoms with E-state index in [2.05, 4.69) is 27.9 Å². The van der Waals surface area contributed by atoms with Crippen molar-refractivity contribution in [3.05, 3.63) is 53.5 Å². The maximum Gasteiger partial charge on any atom is 0.131 e. The molecule has 18 heavy (non-hydrogen) atoms. The molecular weight excluding hydrogens is 224 g/mol. The molecule has 0 saturated heterocycles. The smallest absolute Gasteiger partial charge is 0.131 e. The van der Waals surface area contributed by atoms with Crippen LogP contribution in [0.25, 0.3) is 0 Å². The van der Waals surface area contributed by atoms with Gasteiger partial charge in [-0.2, -0.15) is 0 Å². The molecule has 0 spiro atoms. The Morgan fingerprint density at radius 3 is 2.56 bits per heavy atom. The Balaban J connectivity index is 2.16. The van der Waals surface area contributed by atoms with Gasteiger partial charge in [-0.15, -0.1) is 0 Å². The van der Waals surface area contributed by atoms with E-state index in [-0.39, 0.29) is 0 Å². The van der Waals surface area contributed by atoms with Crippen LogP contribution >= 0.6 is 0 Å². The number of hydrogen-bond acceptors (Lipinski definition) is 4. The lowest BCUT2D eigenvalue weighted by Gasteiger charge is -2.20. The van der Waals surface area contributed by atoms with Crippen LogP contribution in [-0.2, 0) is 13.1 Å². The fourth-order valence-corrected chi connectivity index (χ4v) is 1.97. The van der Waals surface area contributed by atoms with Crippen molar-refractivity contribution < 1.29 is 0 Å². The second-order valence-electron chi connectivity index (χ2n) is 4.40. The average molecular weight is 242 g/mol. The molecule has 0 saturated carbocycles. The van der Waals surface area contributed by atoms with E-state index in [9.17, 15) is 0 Å². The summed E-state index contributed by atoms with van der Waals surface area (Å²) in [6.45, 7) is 3.41. The number of nitrogens with two attached hydrogens (primary N) is 1. The molecule has 4 nitrogen and oxygen atoms in total. The third kappa shape index (κ3) is 2.84. The summed E-state index contributed by atoms with van der Waals surface area (Å²) < 4.78 is 0. The van der Waals surface area contributed by atoms with Crippen molar-refractivity contribution in [3.63, 3.8) is 0 Å². The SMILES string of the molecule is Cc1cc(CN)cnc1N(C)Cc1ccncc1. The number of pyridine rings is 2. The first-order valence-electron chi connectivity index (χ1n) is 5.96. The van der Waals surface area contributed by atoms with E-state index < -0.39 is 0 Å². The zero-order chi connectivity index (χ0) is 13.0. The molecule has 4 heteroatoms. The number of anilines is 1. The van der Waals surface area contributed by atoms with Crippen molar-refractivity contribution in [2.45, 2.75) is 20.0 Å². The van der Waals surface area contributed by atoms with Gasteiger partial charge in [0.05, 0.1) is 0 Å². The summed E-state index contributed by atoms with van der Waals surface area (Å²) in [6.07, 6.45) is 5.45. The molecule has 0 amide bonds. The summed E-state index contributed by atoms with van der Waals surface area (Å²) in [4.78, 5) is 10.6. The highest BCUT2D eigenvalue weighted by Crippen LogP contribution is 2.18.